The maximum Gasteiger partial charge on any atom is 0.0340 e. The van der Waals surface area contributed by atoms with Crippen molar-refractivity contribution in [1.29, 1.82) is 0 Å². The summed E-state index contributed by atoms with van der Waals surface area (Å²) >= 11 is 0. The molecule has 0 aromatic heterocycles. The van der Waals surface area contributed by atoms with E-state index >= 15 is 0 Å². The summed E-state index contributed by atoms with van der Waals surface area (Å²) in [6, 6.07) is 8.50. The topological polar surface area (TPSA) is 12.0 Å². The molecule has 0 unspecified atom stereocenters. The molecule has 0 radical (unpaired) electrons. The molecule has 0 fully saturated rings. The minimum Gasteiger partial charge on any atom is -0.385 e. The monoisotopic (exact) mass is 533 g/mol. The van der Waals surface area contributed by atoms with Crippen LogP contribution in [0.5, 0.6) is 0 Å². The molecule has 1 aromatic rings. The van der Waals surface area contributed by atoms with Crippen LogP contribution in [0.25, 0.3) is 6.08 Å². The second kappa shape index (κ2) is 17.2. The molecule has 212 valence electrons. The number of hydrogen-bond donors (Lipinski definition) is 1. The summed E-state index contributed by atoms with van der Waals surface area (Å²) in [5.74, 6) is 0. The third-order valence-corrected chi connectivity index (χ3v) is 7.15. The Kier molecular flexibility index (Phi) is 14.0. The van der Waals surface area contributed by atoms with Gasteiger partial charge < -0.3 is 5.32 Å². The highest BCUT2D eigenvalue weighted by Gasteiger charge is 2.26. The Labute approximate surface area is 245 Å². The third-order valence-electron chi connectivity index (χ3n) is 7.15. The van der Waals surface area contributed by atoms with Crippen molar-refractivity contribution in [2.75, 3.05) is 11.9 Å². The van der Waals surface area contributed by atoms with Gasteiger partial charge in [-0.25, -0.2) is 0 Å². The zero-order valence-corrected chi connectivity index (χ0v) is 26.2. The smallest absolute Gasteiger partial charge is 0.0340 e. The predicted molar refractivity (Wildman–Crippen MR) is 182 cm³/mol. The lowest BCUT2D eigenvalue weighted by Crippen LogP contribution is -2.19. The molecular formula is C39H51N. The van der Waals surface area contributed by atoms with Crippen LogP contribution in [-0.4, -0.2) is 6.54 Å². The van der Waals surface area contributed by atoms with Gasteiger partial charge in [0.15, 0.2) is 0 Å². The molecule has 1 aromatic carbocycles. The van der Waals surface area contributed by atoms with Crippen LogP contribution in [-0.2, 0) is 0 Å². The van der Waals surface area contributed by atoms with Crippen LogP contribution >= 0.6 is 0 Å². The van der Waals surface area contributed by atoms with Gasteiger partial charge in [-0.05, 0) is 89.5 Å². The minimum absolute atomic E-state index is 0.288. The van der Waals surface area contributed by atoms with Crippen LogP contribution < -0.4 is 5.32 Å². The van der Waals surface area contributed by atoms with Crippen LogP contribution in [0.1, 0.15) is 80.2 Å². The molecule has 0 heterocycles. The van der Waals surface area contributed by atoms with E-state index in [4.69, 9.17) is 0 Å². The first kappa shape index (κ1) is 32.6. The maximum atomic E-state index is 3.32. The fraction of sp³-hybridized carbons (Fsp3) is 0.333. The fourth-order valence-corrected chi connectivity index (χ4v) is 4.71. The number of anilines is 1. The second-order valence-electron chi connectivity index (χ2n) is 11.5. The summed E-state index contributed by atoms with van der Waals surface area (Å²) in [6.45, 7) is 18.6. The molecule has 1 nitrogen and oxygen atoms in total. The largest absolute Gasteiger partial charge is 0.385 e. The van der Waals surface area contributed by atoms with Gasteiger partial charge in [0.1, 0.15) is 0 Å². The van der Waals surface area contributed by atoms with E-state index in [-0.39, 0.29) is 5.41 Å². The molecule has 0 aliphatic heterocycles. The van der Waals surface area contributed by atoms with Crippen molar-refractivity contribution in [3.05, 3.63) is 142 Å². The Morgan fingerprint density at radius 3 is 1.75 bits per heavy atom. The average Bonchev–Trinajstić information content (AvgIpc) is 2.90. The van der Waals surface area contributed by atoms with Gasteiger partial charge in [-0.2, -0.15) is 0 Å². The zero-order valence-electron chi connectivity index (χ0n) is 26.2. The lowest BCUT2D eigenvalue weighted by molar-refractivity contribution is 0.377. The Morgan fingerprint density at radius 2 is 1.23 bits per heavy atom. The van der Waals surface area contributed by atoms with E-state index < -0.39 is 0 Å². The normalized spacial score (nSPS) is 18.0. The molecule has 0 amide bonds. The first-order chi connectivity index (χ1) is 19.1. The summed E-state index contributed by atoms with van der Waals surface area (Å²) in [5, 5.41) is 3.32. The van der Waals surface area contributed by atoms with E-state index in [1.807, 2.05) is 0 Å². The minimum atomic E-state index is 0.288. The van der Waals surface area contributed by atoms with Gasteiger partial charge in [0.2, 0.25) is 0 Å². The molecule has 1 N–H and O–H groups in total. The molecule has 1 heteroatoms. The molecule has 0 spiro atoms. The summed E-state index contributed by atoms with van der Waals surface area (Å²) < 4.78 is 0. The lowest BCUT2D eigenvalue weighted by Gasteiger charge is -2.32. The van der Waals surface area contributed by atoms with Crippen LogP contribution in [0.2, 0.25) is 0 Å². The highest BCUT2D eigenvalue weighted by molar-refractivity contribution is 5.57. The molecule has 1 aliphatic rings. The lowest BCUT2D eigenvalue weighted by atomic mass is 9.72. The third kappa shape index (κ3) is 12.5. The Bertz CT molecular complexity index is 1260. The van der Waals surface area contributed by atoms with Gasteiger partial charge in [0.25, 0.3) is 0 Å². The average molecular weight is 534 g/mol. The van der Waals surface area contributed by atoms with Crippen LogP contribution in [0.3, 0.4) is 0 Å². The van der Waals surface area contributed by atoms with E-state index in [0.29, 0.717) is 0 Å². The van der Waals surface area contributed by atoms with E-state index in [1.54, 1.807) is 5.57 Å². The van der Waals surface area contributed by atoms with Gasteiger partial charge in [-0.15, -0.1) is 0 Å². The molecular weight excluding hydrogens is 482 g/mol. The van der Waals surface area contributed by atoms with Crippen molar-refractivity contribution in [2.45, 2.75) is 74.7 Å². The van der Waals surface area contributed by atoms with Crippen molar-refractivity contribution in [1.82, 2.24) is 0 Å². The predicted octanol–water partition coefficient (Wildman–Crippen LogP) is 11.7. The van der Waals surface area contributed by atoms with E-state index in [0.717, 1.165) is 12.2 Å². The van der Waals surface area contributed by atoms with Crippen LogP contribution in [0, 0.1) is 5.41 Å². The van der Waals surface area contributed by atoms with Gasteiger partial charge in [0.05, 0.1) is 0 Å². The number of nitrogens with one attached hydrogen (secondary N) is 1. The highest BCUT2D eigenvalue weighted by atomic mass is 14.8. The number of allylic oxidation sites excluding steroid dienone is 19. The highest BCUT2D eigenvalue weighted by Crippen LogP contribution is 2.40. The molecule has 0 saturated heterocycles. The summed E-state index contributed by atoms with van der Waals surface area (Å²) in [5.41, 5.74) is 10.6. The van der Waals surface area contributed by atoms with Crippen molar-refractivity contribution >= 4 is 11.8 Å². The standard InChI is InChI=1S/C39H51N/c1-9-40-37-27-25-36(26-28-37)24-22-33(4)19-12-17-31(2)15-10-11-16-32(3)18-13-20-34(5)23-29-38-35(6)21-14-30-39(38,7)8/h10-13,15-20,22-29,40H,9,14,21,30H2,1-8H3/b11-10+,17-12+,18-13+,24-22+,29-23+,31-15+,32-16+,33-19+,34-20+. The number of rotatable bonds is 12. The summed E-state index contributed by atoms with van der Waals surface area (Å²) in [7, 11) is 0. The second-order valence-corrected chi connectivity index (χ2v) is 11.5. The number of hydrogen-bond acceptors (Lipinski definition) is 1. The van der Waals surface area contributed by atoms with E-state index in [9.17, 15) is 0 Å². The van der Waals surface area contributed by atoms with Gasteiger partial charge in [-0.1, -0.05) is 139 Å². The number of benzene rings is 1. The quantitative estimate of drug-likeness (QED) is 0.263. The zero-order chi connectivity index (χ0) is 29.4. The fourth-order valence-electron chi connectivity index (χ4n) is 4.71. The first-order valence-electron chi connectivity index (χ1n) is 14.7. The van der Waals surface area contributed by atoms with Crippen LogP contribution in [0.4, 0.5) is 5.69 Å². The SMILES string of the molecule is CCNc1ccc(/C=C/C(C)=C/C=C/C(C)=C/C=C/C=C(C)/C=C/C=C(C)/C=C/C2=C(C)CCCC2(C)C)cc1. The van der Waals surface area contributed by atoms with Crippen molar-refractivity contribution < 1.29 is 0 Å². The molecule has 0 saturated carbocycles. The molecule has 40 heavy (non-hydrogen) atoms. The molecule has 1 aliphatic carbocycles. The Balaban J connectivity index is 1.84. The Hall–Kier alpha value is -3.58. The van der Waals surface area contributed by atoms with Gasteiger partial charge in [0, 0.05) is 12.2 Å². The van der Waals surface area contributed by atoms with E-state index in [1.165, 1.54) is 52.7 Å². The Morgan fingerprint density at radius 1 is 0.725 bits per heavy atom. The van der Waals surface area contributed by atoms with Gasteiger partial charge in [-0.3, -0.25) is 0 Å². The molecule has 0 bridgehead atoms. The molecule has 2 rings (SSSR count). The van der Waals surface area contributed by atoms with E-state index in [2.05, 4.69) is 170 Å². The first-order valence-corrected chi connectivity index (χ1v) is 14.7. The van der Waals surface area contributed by atoms with Gasteiger partial charge >= 0.3 is 0 Å². The van der Waals surface area contributed by atoms with Crippen LogP contribution in [0.15, 0.2) is 137 Å². The van der Waals surface area contributed by atoms with Crippen molar-refractivity contribution in [2.24, 2.45) is 5.41 Å². The van der Waals surface area contributed by atoms with Crippen molar-refractivity contribution in [3.8, 4) is 0 Å². The van der Waals surface area contributed by atoms with Crippen molar-refractivity contribution in [3.63, 3.8) is 0 Å². The summed E-state index contributed by atoms with van der Waals surface area (Å²) in [4.78, 5) is 0. The molecule has 0 atom stereocenters. The maximum absolute atomic E-state index is 3.32. The summed E-state index contributed by atoms with van der Waals surface area (Å²) in [6.07, 6.45) is 34.0.